The van der Waals surface area contributed by atoms with Crippen LogP contribution in [0.4, 0.5) is 11.4 Å². The number of quaternary nitrogens is 2. The Bertz CT molecular complexity index is 968. The number of unbranched alkanes of at least 4 members (excludes halogenated alkanes) is 3. The van der Waals surface area contributed by atoms with Gasteiger partial charge in [0.25, 0.3) is 0 Å². The van der Waals surface area contributed by atoms with E-state index in [1.807, 2.05) is 51.1 Å². The SMILES string of the molecule is O=C(CCCCCC[NH+]1CC[NH+]2CCCC2C1)N1c2ccccc2Sc2ccc(Cl)cc21. The summed E-state index contributed by atoms with van der Waals surface area (Å²) < 4.78 is 0. The molecule has 3 heterocycles. The number of rotatable bonds is 7. The number of amides is 1. The summed E-state index contributed by atoms with van der Waals surface area (Å²) in [5, 5.41) is 0.670. The Morgan fingerprint density at radius 3 is 2.78 bits per heavy atom. The number of halogens is 1. The van der Waals surface area contributed by atoms with Gasteiger partial charge in [0.1, 0.15) is 25.7 Å². The Balaban J connectivity index is 1.11. The molecule has 0 aromatic heterocycles. The average Bonchev–Trinajstić information content (AvgIpc) is 3.27. The van der Waals surface area contributed by atoms with Crippen molar-refractivity contribution in [2.24, 2.45) is 0 Å². The predicted octanol–water partition coefficient (Wildman–Crippen LogP) is 3.37. The first-order valence-corrected chi connectivity index (χ1v) is 13.5. The Labute approximate surface area is 200 Å². The highest BCUT2D eigenvalue weighted by molar-refractivity contribution is 7.99. The maximum absolute atomic E-state index is 13.3. The highest BCUT2D eigenvalue weighted by atomic mass is 35.5. The lowest BCUT2D eigenvalue weighted by Gasteiger charge is -2.32. The molecule has 1 amide bonds. The summed E-state index contributed by atoms with van der Waals surface area (Å²) in [4.78, 5) is 21.1. The van der Waals surface area contributed by atoms with Gasteiger partial charge in [-0.15, -0.1) is 0 Å². The van der Waals surface area contributed by atoms with Gasteiger partial charge in [0.15, 0.2) is 0 Å². The summed E-state index contributed by atoms with van der Waals surface area (Å²) in [6, 6.07) is 14.9. The summed E-state index contributed by atoms with van der Waals surface area (Å²) >= 11 is 7.99. The van der Waals surface area contributed by atoms with Crippen molar-refractivity contribution in [1.29, 1.82) is 0 Å². The van der Waals surface area contributed by atoms with Gasteiger partial charge in [-0.05, 0) is 49.6 Å². The van der Waals surface area contributed by atoms with Crippen LogP contribution in [0.3, 0.4) is 0 Å². The van der Waals surface area contributed by atoms with Gasteiger partial charge in [-0.1, -0.05) is 41.9 Å². The monoisotopic (exact) mass is 471 g/mol. The lowest BCUT2D eigenvalue weighted by atomic mass is 10.1. The first-order valence-electron chi connectivity index (χ1n) is 12.3. The summed E-state index contributed by atoms with van der Waals surface area (Å²) in [5.41, 5.74) is 1.90. The standard InChI is InChI=1S/C26H32ClN3OS/c27-20-12-13-25-23(18-20)30(22-9-4-5-10-24(22)32-25)26(31)11-3-1-2-6-14-28-16-17-29-15-7-8-21(29)19-28/h4-5,9-10,12-13,18,21H,1-3,6-8,11,14-17,19H2/p+2. The third-order valence-electron chi connectivity index (χ3n) is 7.37. The summed E-state index contributed by atoms with van der Waals surface area (Å²) in [6.07, 6.45) is 8.05. The molecule has 5 rings (SSSR count). The van der Waals surface area contributed by atoms with Gasteiger partial charge >= 0.3 is 0 Å². The van der Waals surface area contributed by atoms with Crippen LogP contribution in [0.5, 0.6) is 0 Å². The van der Waals surface area contributed by atoms with E-state index < -0.39 is 0 Å². The Hall–Kier alpha value is -1.53. The number of carbonyl (C=O) groups is 1. The molecule has 0 spiro atoms. The van der Waals surface area contributed by atoms with Crippen LogP contribution < -0.4 is 14.7 Å². The second kappa shape index (κ2) is 10.2. The fraction of sp³-hybridized carbons (Fsp3) is 0.500. The number of piperazine rings is 1. The minimum Gasteiger partial charge on any atom is -0.325 e. The van der Waals surface area contributed by atoms with E-state index in [1.165, 1.54) is 58.4 Å². The van der Waals surface area contributed by atoms with Crippen LogP contribution in [0.1, 0.15) is 44.9 Å². The number of anilines is 2. The van der Waals surface area contributed by atoms with Crippen LogP contribution in [0.25, 0.3) is 0 Å². The molecule has 0 bridgehead atoms. The summed E-state index contributed by atoms with van der Waals surface area (Å²) in [6.45, 7) is 6.81. The molecule has 3 aliphatic rings. The van der Waals surface area contributed by atoms with Crippen molar-refractivity contribution in [3.8, 4) is 0 Å². The lowest BCUT2D eigenvalue weighted by molar-refractivity contribution is -1.02. The maximum Gasteiger partial charge on any atom is 0.231 e. The smallest absolute Gasteiger partial charge is 0.231 e. The van der Waals surface area contributed by atoms with E-state index in [1.54, 1.807) is 11.8 Å². The third-order valence-corrected chi connectivity index (χ3v) is 8.74. The molecule has 3 aliphatic heterocycles. The number of nitrogens with one attached hydrogen (secondary N) is 2. The maximum atomic E-state index is 13.3. The fourth-order valence-electron chi connectivity index (χ4n) is 5.69. The second-order valence-corrected chi connectivity index (χ2v) is 11.0. The number of nitrogens with zero attached hydrogens (tertiary/aromatic N) is 1. The average molecular weight is 472 g/mol. The number of para-hydroxylation sites is 1. The normalized spacial score (nSPS) is 24.0. The first-order chi connectivity index (χ1) is 15.7. The van der Waals surface area contributed by atoms with Crippen molar-refractivity contribution in [1.82, 2.24) is 0 Å². The molecule has 170 valence electrons. The van der Waals surface area contributed by atoms with Gasteiger partial charge in [0.2, 0.25) is 5.91 Å². The van der Waals surface area contributed by atoms with Crippen LogP contribution in [-0.4, -0.2) is 44.7 Å². The molecule has 0 radical (unpaired) electrons. The number of benzene rings is 2. The number of hydrogen-bond acceptors (Lipinski definition) is 2. The van der Waals surface area contributed by atoms with Crippen molar-refractivity contribution in [3.05, 3.63) is 47.5 Å². The molecular weight excluding hydrogens is 438 g/mol. The van der Waals surface area contributed by atoms with E-state index in [-0.39, 0.29) is 5.91 Å². The Morgan fingerprint density at radius 1 is 1.00 bits per heavy atom. The molecule has 2 aromatic rings. The van der Waals surface area contributed by atoms with Crippen molar-refractivity contribution in [2.45, 2.75) is 60.8 Å². The van der Waals surface area contributed by atoms with E-state index in [0.29, 0.717) is 11.4 Å². The van der Waals surface area contributed by atoms with Crippen LogP contribution in [-0.2, 0) is 4.79 Å². The van der Waals surface area contributed by atoms with Gasteiger partial charge in [-0.25, -0.2) is 0 Å². The zero-order valence-corrected chi connectivity index (χ0v) is 20.3. The van der Waals surface area contributed by atoms with Gasteiger partial charge < -0.3 is 9.80 Å². The van der Waals surface area contributed by atoms with Crippen molar-refractivity contribution >= 4 is 40.6 Å². The van der Waals surface area contributed by atoms with E-state index >= 15 is 0 Å². The van der Waals surface area contributed by atoms with E-state index in [2.05, 4.69) is 6.07 Å². The second-order valence-electron chi connectivity index (χ2n) is 9.53. The molecule has 2 saturated heterocycles. The zero-order valence-electron chi connectivity index (χ0n) is 18.7. The van der Waals surface area contributed by atoms with Crippen LogP contribution in [0, 0.1) is 0 Å². The third kappa shape index (κ3) is 4.86. The topological polar surface area (TPSA) is 29.2 Å². The molecule has 2 aromatic carbocycles. The molecule has 6 heteroatoms. The van der Waals surface area contributed by atoms with Crippen molar-refractivity contribution in [2.75, 3.05) is 37.6 Å². The zero-order chi connectivity index (χ0) is 21.9. The quantitative estimate of drug-likeness (QED) is 0.606. The van der Waals surface area contributed by atoms with E-state index in [9.17, 15) is 4.79 Å². The molecule has 2 fully saturated rings. The minimum atomic E-state index is 0.173. The molecule has 3 atom stereocenters. The number of hydrogen-bond donors (Lipinski definition) is 2. The van der Waals surface area contributed by atoms with Crippen molar-refractivity contribution in [3.63, 3.8) is 0 Å². The van der Waals surface area contributed by atoms with Gasteiger partial charge in [-0.3, -0.25) is 9.69 Å². The van der Waals surface area contributed by atoms with Gasteiger partial charge in [-0.2, -0.15) is 0 Å². The molecule has 0 aliphatic carbocycles. The number of carbonyl (C=O) groups excluding carboxylic acids is 1. The van der Waals surface area contributed by atoms with Crippen molar-refractivity contribution < 1.29 is 14.6 Å². The molecule has 2 N–H and O–H groups in total. The van der Waals surface area contributed by atoms with Crippen LogP contribution >= 0.6 is 23.4 Å². The lowest BCUT2D eigenvalue weighted by Crippen LogP contribution is -3.29. The first kappa shape index (κ1) is 22.3. The molecule has 3 unspecified atom stereocenters. The predicted molar refractivity (Wildman–Crippen MR) is 132 cm³/mol. The minimum absolute atomic E-state index is 0.173. The van der Waals surface area contributed by atoms with Gasteiger partial charge in [0, 0.05) is 34.1 Å². The molecule has 32 heavy (non-hydrogen) atoms. The molecular formula is C26H34ClN3OS+2. The highest BCUT2D eigenvalue weighted by Gasteiger charge is 2.36. The Kier molecular flexibility index (Phi) is 7.08. The number of fused-ring (bicyclic) bond motifs is 3. The van der Waals surface area contributed by atoms with E-state index in [0.717, 1.165) is 40.0 Å². The summed E-state index contributed by atoms with van der Waals surface area (Å²) in [5.74, 6) is 0.173. The van der Waals surface area contributed by atoms with Gasteiger partial charge in [0.05, 0.1) is 24.5 Å². The molecule has 4 nitrogen and oxygen atoms in total. The Morgan fingerprint density at radius 2 is 1.84 bits per heavy atom. The molecule has 0 saturated carbocycles. The largest absolute Gasteiger partial charge is 0.325 e. The highest BCUT2D eigenvalue weighted by Crippen LogP contribution is 2.49. The van der Waals surface area contributed by atoms with Crippen LogP contribution in [0.2, 0.25) is 5.02 Å². The fourth-order valence-corrected chi connectivity index (χ4v) is 6.89. The van der Waals surface area contributed by atoms with E-state index in [4.69, 9.17) is 11.6 Å². The summed E-state index contributed by atoms with van der Waals surface area (Å²) in [7, 11) is 0. The van der Waals surface area contributed by atoms with Crippen LogP contribution in [0.15, 0.2) is 52.3 Å².